The molecule has 110 valence electrons. The van der Waals surface area contributed by atoms with E-state index in [9.17, 15) is 24.6 Å². The van der Waals surface area contributed by atoms with Crippen molar-refractivity contribution in [1.29, 1.82) is 0 Å². The van der Waals surface area contributed by atoms with Crippen LogP contribution < -0.4 is 17.0 Å². The molecule has 9 nitrogen and oxygen atoms in total. The van der Waals surface area contributed by atoms with Gasteiger partial charge in [0.1, 0.15) is 12.2 Å². The van der Waals surface area contributed by atoms with Crippen molar-refractivity contribution in [2.75, 3.05) is 0 Å². The maximum absolute atomic E-state index is 11.7. The van der Waals surface area contributed by atoms with Gasteiger partial charge in [-0.05, 0) is 6.92 Å². The summed E-state index contributed by atoms with van der Waals surface area (Å²) in [5.74, 6) is -0.734. The molecular formula is C11H15N3O6. The minimum Gasteiger partial charge on any atom is -0.388 e. The number of aromatic nitrogens is 2. The van der Waals surface area contributed by atoms with E-state index in [1.54, 1.807) is 0 Å². The molecule has 1 amide bonds. The van der Waals surface area contributed by atoms with Gasteiger partial charge in [-0.2, -0.15) is 0 Å². The number of nitrogens with two attached hydrogens (primary N) is 1. The molecule has 0 bridgehead atoms. The first-order valence-corrected chi connectivity index (χ1v) is 5.95. The minimum absolute atomic E-state index is 0.0260. The number of carbonyl (C=O) groups is 1. The fourth-order valence-electron chi connectivity index (χ4n) is 2.09. The molecule has 1 aliphatic heterocycles. The summed E-state index contributed by atoms with van der Waals surface area (Å²) in [6, 6.07) is 0. The lowest BCUT2D eigenvalue weighted by Gasteiger charge is -2.17. The highest BCUT2D eigenvalue weighted by molar-refractivity contribution is 5.76. The standard InChI is InChI=1S/C11H15N3O6/c1-4-7(16)8(17)10(20-4)14-3-5(2-6(12)15)9(18)13-11(14)19/h3-4,7-8,10,16-17H,2H2,1H3,(H2,12,15)(H,13,18,19)/t4-,7-,8-,10-/m1/s1. The van der Waals surface area contributed by atoms with Crippen molar-refractivity contribution in [2.24, 2.45) is 5.73 Å². The first-order valence-electron chi connectivity index (χ1n) is 5.95. The van der Waals surface area contributed by atoms with Gasteiger partial charge in [0, 0.05) is 11.8 Å². The van der Waals surface area contributed by atoms with Crippen LogP contribution in [0.3, 0.4) is 0 Å². The van der Waals surface area contributed by atoms with Crippen LogP contribution in [0.4, 0.5) is 0 Å². The van der Waals surface area contributed by atoms with Crippen molar-refractivity contribution in [3.8, 4) is 0 Å². The minimum atomic E-state index is -1.32. The number of ether oxygens (including phenoxy) is 1. The molecule has 20 heavy (non-hydrogen) atoms. The maximum Gasteiger partial charge on any atom is 0.330 e. The zero-order valence-corrected chi connectivity index (χ0v) is 10.6. The van der Waals surface area contributed by atoms with Crippen LogP contribution in [0.5, 0.6) is 0 Å². The van der Waals surface area contributed by atoms with Gasteiger partial charge in [-0.3, -0.25) is 19.1 Å². The predicted molar refractivity (Wildman–Crippen MR) is 65.8 cm³/mol. The summed E-state index contributed by atoms with van der Waals surface area (Å²) in [6.07, 6.45) is -3.54. The van der Waals surface area contributed by atoms with Crippen molar-refractivity contribution in [3.63, 3.8) is 0 Å². The maximum atomic E-state index is 11.7. The van der Waals surface area contributed by atoms with Crippen LogP contribution in [-0.2, 0) is 16.0 Å². The van der Waals surface area contributed by atoms with Crippen molar-refractivity contribution in [2.45, 2.75) is 37.9 Å². The van der Waals surface area contributed by atoms with Crippen LogP contribution in [0.15, 0.2) is 15.8 Å². The number of nitrogens with zero attached hydrogens (tertiary/aromatic N) is 1. The second kappa shape index (κ2) is 5.19. The van der Waals surface area contributed by atoms with E-state index in [0.29, 0.717) is 0 Å². The fourth-order valence-corrected chi connectivity index (χ4v) is 2.09. The highest BCUT2D eigenvalue weighted by Crippen LogP contribution is 2.27. The summed E-state index contributed by atoms with van der Waals surface area (Å²) in [7, 11) is 0. The van der Waals surface area contributed by atoms with Gasteiger partial charge >= 0.3 is 5.69 Å². The molecule has 2 heterocycles. The van der Waals surface area contributed by atoms with Crippen LogP contribution >= 0.6 is 0 Å². The number of nitrogens with one attached hydrogen (secondary N) is 1. The summed E-state index contributed by atoms with van der Waals surface area (Å²) < 4.78 is 6.20. The van der Waals surface area contributed by atoms with E-state index in [2.05, 4.69) is 0 Å². The summed E-state index contributed by atoms with van der Waals surface area (Å²) in [4.78, 5) is 36.1. The molecule has 0 aliphatic carbocycles. The molecule has 1 aromatic heterocycles. The van der Waals surface area contributed by atoms with Crippen molar-refractivity contribution in [1.82, 2.24) is 9.55 Å². The first kappa shape index (κ1) is 14.4. The molecule has 1 aromatic rings. The number of hydrogen-bond acceptors (Lipinski definition) is 6. The molecule has 5 N–H and O–H groups in total. The second-order valence-corrected chi connectivity index (χ2v) is 4.68. The molecule has 0 radical (unpaired) electrons. The average Bonchev–Trinajstić information content (AvgIpc) is 2.60. The topological polar surface area (TPSA) is 148 Å². The summed E-state index contributed by atoms with van der Waals surface area (Å²) in [5, 5.41) is 19.5. The Kier molecular flexibility index (Phi) is 3.75. The highest BCUT2D eigenvalue weighted by atomic mass is 16.6. The molecule has 0 aromatic carbocycles. The van der Waals surface area contributed by atoms with E-state index in [4.69, 9.17) is 10.5 Å². The monoisotopic (exact) mass is 285 g/mol. The number of H-pyrrole nitrogens is 1. The smallest absolute Gasteiger partial charge is 0.330 e. The van der Waals surface area contributed by atoms with Crippen LogP contribution in [0, 0.1) is 0 Å². The normalized spacial score (nSPS) is 29.6. The zero-order chi connectivity index (χ0) is 15.0. The lowest BCUT2D eigenvalue weighted by atomic mass is 10.1. The Morgan fingerprint density at radius 2 is 2.10 bits per heavy atom. The summed E-state index contributed by atoms with van der Waals surface area (Å²) in [5.41, 5.74) is 3.44. The van der Waals surface area contributed by atoms with E-state index in [0.717, 1.165) is 10.8 Å². The molecule has 1 saturated heterocycles. The lowest BCUT2D eigenvalue weighted by Crippen LogP contribution is -2.39. The highest BCUT2D eigenvalue weighted by Gasteiger charge is 2.41. The average molecular weight is 285 g/mol. The third kappa shape index (κ3) is 2.50. The van der Waals surface area contributed by atoms with Gasteiger partial charge in [-0.15, -0.1) is 0 Å². The molecule has 1 fully saturated rings. The van der Waals surface area contributed by atoms with Crippen LogP contribution in [0.25, 0.3) is 0 Å². The van der Waals surface area contributed by atoms with E-state index in [1.807, 2.05) is 4.98 Å². The SMILES string of the molecule is C[C@H]1O[C@@H](n2cc(CC(N)=O)c(=O)[nH]c2=O)[C@H](O)[C@@H]1O. The molecule has 0 unspecified atom stereocenters. The largest absolute Gasteiger partial charge is 0.388 e. The van der Waals surface area contributed by atoms with Gasteiger partial charge in [0.05, 0.1) is 12.5 Å². The molecule has 4 atom stereocenters. The van der Waals surface area contributed by atoms with Crippen molar-refractivity contribution in [3.05, 3.63) is 32.6 Å². The summed E-state index contributed by atoms with van der Waals surface area (Å²) in [6.45, 7) is 1.54. The Hall–Kier alpha value is -1.97. The number of aliphatic hydroxyl groups excluding tert-OH is 2. The third-order valence-corrected chi connectivity index (χ3v) is 3.16. The fraction of sp³-hybridized carbons (Fsp3) is 0.545. The Morgan fingerprint density at radius 3 is 2.60 bits per heavy atom. The van der Waals surface area contributed by atoms with Gasteiger partial charge < -0.3 is 20.7 Å². The van der Waals surface area contributed by atoms with Crippen LogP contribution in [-0.4, -0.2) is 44.0 Å². The zero-order valence-electron chi connectivity index (χ0n) is 10.6. The number of aromatic amines is 1. The first-order chi connectivity index (χ1) is 9.31. The molecule has 0 saturated carbocycles. The quantitative estimate of drug-likeness (QED) is 0.471. The molecule has 1 aliphatic rings. The molecule has 0 spiro atoms. The Morgan fingerprint density at radius 1 is 1.45 bits per heavy atom. The number of amides is 1. The molecule has 9 heteroatoms. The number of rotatable bonds is 3. The Labute approximate surface area is 112 Å². The lowest BCUT2D eigenvalue weighted by molar-refractivity contribution is -0.117. The summed E-state index contributed by atoms with van der Waals surface area (Å²) >= 11 is 0. The number of aliphatic hydroxyl groups is 2. The van der Waals surface area contributed by atoms with E-state index >= 15 is 0 Å². The van der Waals surface area contributed by atoms with Crippen LogP contribution in [0.2, 0.25) is 0 Å². The number of hydrogen-bond donors (Lipinski definition) is 4. The van der Waals surface area contributed by atoms with E-state index < -0.39 is 41.7 Å². The molecular weight excluding hydrogens is 270 g/mol. The number of carbonyl (C=O) groups excluding carboxylic acids is 1. The van der Waals surface area contributed by atoms with Crippen molar-refractivity contribution >= 4 is 5.91 Å². The van der Waals surface area contributed by atoms with E-state index in [-0.39, 0.29) is 12.0 Å². The van der Waals surface area contributed by atoms with Gasteiger partial charge in [0.25, 0.3) is 5.56 Å². The Balaban J connectivity index is 2.44. The van der Waals surface area contributed by atoms with E-state index in [1.165, 1.54) is 6.92 Å². The van der Waals surface area contributed by atoms with Gasteiger partial charge in [0.15, 0.2) is 6.23 Å². The number of primary amides is 1. The van der Waals surface area contributed by atoms with Crippen molar-refractivity contribution < 1.29 is 19.7 Å². The van der Waals surface area contributed by atoms with Gasteiger partial charge in [-0.1, -0.05) is 0 Å². The van der Waals surface area contributed by atoms with Crippen LogP contribution in [0.1, 0.15) is 18.7 Å². The second-order valence-electron chi connectivity index (χ2n) is 4.68. The Bertz CT molecular complexity index is 636. The van der Waals surface area contributed by atoms with Gasteiger partial charge in [0.2, 0.25) is 5.91 Å². The predicted octanol–water partition coefficient (Wildman–Crippen LogP) is -2.80. The molecule has 2 rings (SSSR count). The third-order valence-electron chi connectivity index (χ3n) is 3.16. The van der Waals surface area contributed by atoms with Gasteiger partial charge in [-0.25, -0.2) is 4.79 Å².